The number of ether oxygens (including phenoxy) is 1. The third-order valence-electron chi connectivity index (χ3n) is 5.68. The average molecular weight is 360 g/mol. The molecule has 2 amide bonds. The van der Waals surface area contributed by atoms with E-state index in [2.05, 4.69) is 31.3 Å². The molecule has 1 atom stereocenters. The van der Waals surface area contributed by atoms with Crippen molar-refractivity contribution in [3.05, 3.63) is 29.8 Å². The highest BCUT2D eigenvalue weighted by Crippen LogP contribution is 2.44. The highest BCUT2D eigenvalue weighted by molar-refractivity contribution is 5.74. The summed E-state index contributed by atoms with van der Waals surface area (Å²) in [6.45, 7) is 8.02. The summed E-state index contributed by atoms with van der Waals surface area (Å²) in [6.07, 6.45) is 3.56. The number of carbonyl (C=O) groups excluding carboxylic acids is 1. The molecule has 1 aliphatic heterocycles. The van der Waals surface area contributed by atoms with E-state index in [0.717, 1.165) is 18.6 Å². The van der Waals surface area contributed by atoms with Gasteiger partial charge in [0.05, 0.1) is 12.1 Å². The van der Waals surface area contributed by atoms with E-state index in [1.807, 2.05) is 19.1 Å². The third kappa shape index (κ3) is 4.70. The highest BCUT2D eigenvalue weighted by Gasteiger charge is 2.45. The molecule has 0 aromatic heterocycles. The Morgan fingerprint density at radius 3 is 2.38 bits per heavy atom. The van der Waals surface area contributed by atoms with Gasteiger partial charge in [0.1, 0.15) is 11.9 Å². The first kappa shape index (κ1) is 19.0. The van der Waals surface area contributed by atoms with Gasteiger partial charge in [-0.1, -0.05) is 26.0 Å². The van der Waals surface area contributed by atoms with Gasteiger partial charge in [-0.3, -0.25) is 0 Å². The number of hydrogen-bond acceptors (Lipinski definition) is 3. The Kier molecular flexibility index (Phi) is 5.76. The van der Waals surface area contributed by atoms with Crippen LogP contribution in [0.5, 0.6) is 5.75 Å². The minimum atomic E-state index is -0.532. The lowest BCUT2D eigenvalue weighted by atomic mass is 9.87. The summed E-state index contributed by atoms with van der Waals surface area (Å²) in [5.41, 5.74) is 0.754. The van der Waals surface area contributed by atoms with Gasteiger partial charge in [-0.15, -0.1) is 0 Å². The maximum absolute atomic E-state index is 12.3. The monoisotopic (exact) mass is 360 g/mol. The number of hydrogen-bond donors (Lipinski definition) is 2. The van der Waals surface area contributed by atoms with Crippen molar-refractivity contribution >= 4 is 6.03 Å². The van der Waals surface area contributed by atoms with E-state index < -0.39 is 5.60 Å². The molecular weight excluding hydrogens is 328 g/mol. The van der Waals surface area contributed by atoms with Gasteiger partial charge >= 0.3 is 6.03 Å². The van der Waals surface area contributed by atoms with Crippen LogP contribution in [0, 0.1) is 5.92 Å². The molecule has 5 heteroatoms. The average Bonchev–Trinajstić information content (AvgIpc) is 3.46. The smallest absolute Gasteiger partial charge is 0.317 e. The van der Waals surface area contributed by atoms with Crippen molar-refractivity contribution in [3.63, 3.8) is 0 Å². The van der Waals surface area contributed by atoms with E-state index in [-0.39, 0.29) is 12.1 Å². The SMILES string of the molecule is CC(CNC(=O)N1CCC(O)(C2CC2)CC1)Oc1ccc(C(C)C)cc1. The molecule has 1 aliphatic carbocycles. The van der Waals surface area contributed by atoms with Crippen LogP contribution in [0.2, 0.25) is 0 Å². The normalized spacial score (nSPS) is 20.7. The predicted molar refractivity (Wildman–Crippen MR) is 103 cm³/mol. The van der Waals surface area contributed by atoms with E-state index in [9.17, 15) is 9.90 Å². The second-order valence-corrected chi connectivity index (χ2v) is 8.20. The fourth-order valence-corrected chi connectivity index (χ4v) is 3.67. The number of nitrogens with one attached hydrogen (secondary N) is 1. The molecule has 2 fully saturated rings. The predicted octanol–water partition coefficient (Wildman–Crippen LogP) is 3.52. The molecule has 1 aromatic rings. The van der Waals surface area contributed by atoms with Gasteiger partial charge in [0, 0.05) is 13.1 Å². The van der Waals surface area contributed by atoms with Crippen LogP contribution in [-0.2, 0) is 0 Å². The molecule has 26 heavy (non-hydrogen) atoms. The van der Waals surface area contributed by atoms with Gasteiger partial charge in [-0.2, -0.15) is 0 Å². The second kappa shape index (κ2) is 7.87. The van der Waals surface area contributed by atoms with Crippen LogP contribution < -0.4 is 10.1 Å². The van der Waals surface area contributed by atoms with E-state index in [1.54, 1.807) is 4.90 Å². The first-order valence-electron chi connectivity index (χ1n) is 9.89. The fourth-order valence-electron chi connectivity index (χ4n) is 3.67. The van der Waals surface area contributed by atoms with Crippen molar-refractivity contribution in [2.24, 2.45) is 5.92 Å². The molecule has 0 radical (unpaired) electrons. The molecule has 0 spiro atoms. The number of rotatable bonds is 6. The topological polar surface area (TPSA) is 61.8 Å². The zero-order chi connectivity index (χ0) is 18.7. The van der Waals surface area contributed by atoms with Crippen LogP contribution in [0.15, 0.2) is 24.3 Å². The molecule has 2 aliphatic rings. The molecule has 1 saturated carbocycles. The first-order chi connectivity index (χ1) is 12.4. The number of aliphatic hydroxyl groups is 1. The standard InChI is InChI=1S/C21H32N2O3/c1-15(2)17-4-8-19(9-5-17)26-16(3)14-22-20(24)23-12-10-21(25,11-13-23)18-6-7-18/h4-5,8-9,15-16,18,25H,6-7,10-14H2,1-3H3,(H,22,24). The van der Waals surface area contributed by atoms with Crippen molar-refractivity contribution in [1.82, 2.24) is 10.2 Å². The van der Waals surface area contributed by atoms with Crippen molar-refractivity contribution in [2.75, 3.05) is 19.6 Å². The van der Waals surface area contributed by atoms with Gasteiger partial charge in [0.15, 0.2) is 0 Å². The largest absolute Gasteiger partial charge is 0.489 e. The summed E-state index contributed by atoms with van der Waals surface area (Å²) >= 11 is 0. The summed E-state index contributed by atoms with van der Waals surface area (Å²) in [5.74, 6) is 1.79. The molecule has 3 rings (SSSR count). The Morgan fingerprint density at radius 1 is 1.23 bits per heavy atom. The van der Waals surface area contributed by atoms with E-state index in [4.69, 9.17) is 4.74 Å². The van der Waals surface area contributed by atoms with E-state index >= 15 is 0 Å². The van der Waals surface area contributed by atoms with Crippen molar-refractivity contribution < 1.29 is 14.6 Å². The lowest BCUT2D eigenvalue weighted by molar-refractivity contribution is -0.0308. The summed E-state index contributed by atoms with van der Waals surface area (Å²) in [6, 6.07) is 8.07. The van der Waals surface area contributed by atoms with Gasteiger partial charge in [0.25, 0.3) is 0 Å². The number of carbonyl (C=O) groups is 1. The van der Waals surface area contributed by atoms with Gasteiger partial charge in [-0.25, -0.2) is 4.79 Å². The molecule has 1 unspecified atom stereocenters. The maximum atomic E-state index is 12.3. The zero-order valence-corrected chi connectivity index (χ0v) is 16.2. The quantitative estimate of drug-likeness (QED) is 0.816. The second-order valence-electron chi connectivity index (χ2n) is 8.20. The number of amides is 2. The molecule has 1 heterocycles. The molecule has 2 N–H and O–H groups in total. The van der Waals surface area contributed by atoms with E-state index in [0.29, 0.717) is 44.3 Å². The lowest BCUT2D eigenvalue weighted by Gasteiger charge is -2.38. The highest BCUT2D eigenvalue weighted by atomic mass is 16.5. The zero-order valence-electron chi connectivity index (χ0n) is 16.2. The molecule has 5 nitrogen and oxygen atoms in total. The molecule has 1 aromatic carbocycles. The van der Waals surface area contributed by atoms with Crippen molar-refractivity contribution in [2.45, 2.75) is 64.1 Å². The maximum Gasteiger partial charge on any atom is 0.317 e. The first-order valence-corrected chi connectivity index (χ1v) is 9.89. The Morgan fingerprint density at radius 2 is 1.85 bits per heavy atom. The Bertz CT molecular complexity index is 602. The molecule has 144 valence electrons. The van der Waals surface area contributed by atoms with Crippen LogP contribution >= 0.6 is 0 Å². The minimum absolute atomic E-state index is 0.0616. The van der Waals surface area contributed by atoms with Gasteiger partial charge in [0.2, 0.25) is 0 Å². The van der Waals surface area contributed by atoms with E-state index in [1.165, 1.54) is 5.56 Å². The number of nitrogens with zero attached hydrogens (tertiary/aromatic N) is 1. The van der Waals surface area contributed by atoms with Crippen LogP contribution in [0.25, 0.3) is 0 Å². The summed E-state index contributed by atoms with van der Waals surface area (Å²) in [5, 5.41) is 13.5. The lowest BCUT2D eigenvalue weighted by Crippen LogP contribution is -2.51. The van der Waals surface area contributed by atoms with Crippen LogP contribution in [-0.4, -0.2) is 47.4 Å². The third-order valence-corrected chi connectivity index (χ3v) is 5.68. The van der Waals surface area contributed by atoms with Crippen LogP contribution in [0.4, 0.5) is 4.79 Å². The Labute approximate surface area is 156 Å². The number of piperidine rings is 1. The Hall–Kier alpha value is -1.75. The number of urea groups is 1. The summed E-state index contributed by atoms with van der Waals surface area (Å²) in [4.78, 5) is 14.2. The number of likely N-dealkylation sites (tertiary alicyclic amines) is 1. The van der Waals surface area contributed by atoms with Crippen LogP contribution in [0.3, 0.4) is 0 Å². The molecule has 1 saturated heterocycles. The van der Waals surface area contributed by atoms with Crippen molar-refractivity contribution in [3.8, 4) is 5.75 Å². The minimum Gasteiger partial charge on any atom is -0.489 e. The Balaban J connectivity index is 1.40. The van der Waals surface area contributed by atoms with Crippen LogP contribution in [0.1, 0.15) is 57.9 Å². The summed E-state index contributed by atoms with van der Waals surface area (Å²) < 4.78 is 5.89. The van der Waals surface area contributed by atoms with Crippen molar-refractivity contribution in [1.29, 1.82) is 0 Å². The fraction of sp³-hybridized carbons (Fsp3) is 0.667. The molecule has 0 bridgehead atoms. The number of benzene rings is 1. The van der Waals surface area contributed by atoms with Gasteiger partial charge in [-0.05, 0) is 62.1 Å². The van der Waals surface area contributed by atoms with Gasteiger partial charge < -0.3 is 20.1 Å². The summed E-state index contributed by atoms with van der Waals surface area (Å²) in [7, 11) is 0. The molecular formula is C21H32N2O3.